The molecule has 3 aromatic rings. The summed E-state index contributed by atoms with van der Waals surface area (Å²) in [6, 6.07) is 18.0. The van der Waals surface area contributed by atoms with E-state index in [2.05, 4.69) is 0 Å². The largest absolute Gasteiger partial charge is 0.489 e. The van der Waals surface area contributed by atoms with Crippen LogP contribution in [0.25, 0.3) is 11.0 Å². The van der Waals surface area contributed by atoms with Gasteiger partial charge in [-0.3, -0.25) is 4.79 Å². The van der Waals surface area contributed by atoms with E-state index >= 15 is 0 Å². The van der Waals surface area contributed by atoms with Crippen molar-refractivity contribution in [3.8, 4) is 11.8 Å². The second-order valence-electron chi connectivity index (χ2n) is 6.18. The topological polar surface area (TPSA) is 116 Å². The molecule has 0 fully saturated rings. The maximum absolute atomic E-state index is 12.6. The van der Waals surface area contributed by atoms with Crippen LogP contribution in [0, 0.1) is 11.3 Å². The number of ketones is 1. The third-order valence-corrected chi connectivity index (χ3v) is 4.13. The lowest BCUT2D eigenvalue weighted by atomic mass is 10.1. The number of nitrogens with zero attached hydrogens (tertiary/aromatic N) is 1. The Labute approximate surface area is 166 Å². The molecule has 0 atom stereocenters. The Balaban J connectivity index is 1.82. The second kappa shape index (κ2) is 8.76. The number of nitriles is 1. The number of ether oxygens (including phenoxy) is 2. The van der Waals surface area contributed by atoms with E-state index in [1.165, 1.54) is 6.92 Å². The molecule has 0 saturated heterocycles. The first-order chi connectivity index (χ1) is 14.0. The van der Waals surface area contributed by atoms with Gasteiger partial charge < -0.3 is 19.6 Å². The summed E-state index contributed by atoms with van der Waals surface area (Å²) in [6.07, 6.45) is 0. The van der Waals surface area contributed by atoms with E-state index in [1.807, 2.05) is 24.3 Å². The molecule has 0 aliphatic rings. The monoisotopic (exact) mass is 390 g/mol. The third-order valence-electron chi connectivity index (χ3n) is 4.13. The number of esters is 1. The standard InChI is InChI=1S/C22H18N2O5/c1-14(24)17(11-23)19(25)13-28-22(26)21-18(12-27-15-7-3-2-4-8-15)16-9-5-6-10-20(16)29-21/h2-10H,12-13,24H2,1H3. The van der Waals surface area contributed by atoms with Crippen LogP contribution in [-0.2, 0) is 16.1 Å². The Bertz CT molecular complexity index is 1120. The number of allylic oxidation sites excluding steroid dienone is 1. The number of carbonyl (C=O) groups is 2. The van der Waals surface area contributed by atoms with Gasteiger partial charge in [0.25, 0.3) is 0 Å². The number of nitrogens with two attached hydrogens (primary N) is 1. The molecule has 2 aromatic carbocycles. The summed E-state index contributed by atoms with van der Waals surface area (Å²) < 4.78 is 16.5. The van der Waals surface area contributed by atoms with Gasteiger partial charge >= 0.3 is 5.97 Å². The van der Waals surface area contributed by atoms with E-state index in [0.717, 1.165) is 0 Å². The van der Waals surface area contributed by atoms with Crippen LogP contribution in [0.3, 0.4) is 0 Å². The molecule has 7 heteroatoms. The molecule has 1 heterocycles. The van der Waals surface area contributed by atoms with Crippen molar-refractivity contribution in [1.29, 1.82) is 5.26 Å². The number of hydrogen-bond donors (Lipinski definition) is 1. The third kappa shape index (κ3) is 4.45. The van der Waals surface area contributed by atoms with Crippen molar-refractivity contribution in [2.75, 3.05) is 6.61 Å². The maximum atomic E-state index is 12.6. The first-order valence-electron chi connectivity index (χ1n) is 8.76. The summed E-state index contributed by atoms with van der Waals surface area (Å²) in [6.45, 7) is 0.882. The molecule has 0 radical (unpaired) electrons. The van der Waals surface area contributed by atoms with Crippen LogP contribution < -0.4 is 10.5 Å². The first-order valence-corrected chi connectivity index (χ1v) is 8.76. The number of carbonyl (C=O) groups excluding carboxylic acids is 2. The number of furan rings is 1. The maximum Gasteiger partial charge on any atom is 0.375 e. The fraction of sp³-hybridized carbons (Fsp3) is 0.136. The predicted octanol–water partition coefficient (Wildman–Crippen LogP) is 3.49. The molecule has 0 aliphatic heterocycles. The molecule has 29 heavy (non-hydrogen) atoms. The van der Waals surface area contributed by atoms with Gasteiger partial charge in [-0.15, -0.1) is 0 Å². The van der Waals surface area contributed by atoms with Crippen molar-refractivity contribution in [3.63, 3.8) is 0 Å². The highest BCUT2D eigenvalue weighted by atomic mass is 16.5. The Morgan fingerprint density at radius 1 is 1.10 bits per heavy atom. The summed E-state index contributed by atoms with van der Waals surface area (Å²) in [4.78, 5) is 24.6. The quantitative estimate of drug-likeness (QED) is 0.373. The highest BCUT2D eigenvalue weighted by Crippen LogP contribution is 2.28. The van der Waals surface area contributed by atoms with Crippen LogP contribution in [0.4, 0.5) is 0 Å². The van der Waals surface area contributed by atoms with Crippen LogP contribution in [0.2, 0.25) is 0 Å². The molecule has 146 valence electrons. The van der Waals surface area contributed by atoms with Crippen LogP contribution >= 0.6 is 0 Å². The zero-order valence-electron chi connectivity index (χ0n) is 15.7. The SMILES string of the molecule is CC(N)=C(C#N)C(=O)COC(=O)c1oc2ccccc2c1COc1ccccc1. The van der Waals surface area contributed by atoms with E-state index in [1.54, 1.807) is 36.4 Å². The lowest BCUT2D eigenvalue weighted by Crippen LogP contribution is -2.18. The minimum atomic E-state index is -0.826. The fourth-order valence-electron chi connectivity index (χ4n) is 2.72. The van der Waals surface area contributed by atoms with Crippen molar-refractivity contribution >= 4 is 22.7 Å². The molecule has 3 rings (SSSR count). The lowest BCUT2D eigenvalue weighted by Gasteiger charge is -2.07. The number of rotatable bonds is 7. The molecule has 7 nitrogen and oxygen atoms in total. The average molecular weight is 390 g/mol. The van der Waals surface area contributed by atoms with Crippen LogP contribution in [0.1, 0.15) is 23.0 Å². The Morgan fingerprint density at radius 2 is 1.79 bits per heavy atom. The molecular formula is C22H18N2O5. The molecule has 0 spiro atoms. The molecule has 0 saturated carbocycles. The van der Waals surface area contributed by atoms with E-state index in [9.17, 15) is 9.59 Å². The van der Waals surface area contributed by atoms with Crippen molar-refractivity contribution in [2.24, 2.45) is 5.73 Å². The van der Waals surface area contributed by atoms with Crippen molar-refractivity contribution in [3.05, 3.63) is 77.2 Å². The van der Waals surface area contributed by atoms with Gasteiger partial charge in [-0.1, -0.05) is 36.4 Å². The Kier molecular flexibility index (Phi) is 5.95. The predicted molar refractivity (Wildman–Crippen MR) is 105 cm³/mol. The van der Waals surface area contributed by atoms with E-state index < -0.39 is 18.4 Å². The van der Waals surface area contributed by atoms with Crippen LogP contribution in [-0.4, -0.2) is 18.4 Å². The fourth-order valence-corrected chi connectivity index (χ4v) is 2.72. The zero-order valence-corrected chi connectivity index (χ0v) is 15.7. The van der Waals surface area contributed by atoms with Crippen LogP contribution in [0.5, 0.6) is 5.75 Å². The highest BCUT2D eigenvalue weighted by Gasteiger charge is 2.24. The second-order valence-corrected chi connectivity index (χ2v) is 6.18. The van der Waals surface area contributed by atoms with Crippen molar-refractivity contribution < 1.29 is 23.5 Å². The first kappa shape index (κ1) is 19.7. The normalized spacial score (nSPS) is 11.4. The van der Waals surface area contributed by atoms with Gasteiger partial charge in [0.15, 0.2) is 6.61 Å². The number of hydrogen-bond acceptors (Lipinski definition) is 7. The summed E-state index contributed by atoms with van der Waals surface area (Å²) in [7, 11) is 0. The van der Waals surface area contributed by atoms with Gasteiger partial charge in [-0.05, 0) is 25.1 Å². The molecular weight excluding hydrogens is 372 g/mol. The molecule has 0 amide bonds. The molecule has 0 aliphatic carbocycles. The minimum Gasteiger partial charge on any atom is -0.489 e. The highest BCUT2D eigenvalue weighted by molar-refractivity contribution is 6.02. The van der Waals surface area contributed by atoms with Crippen LogP contribution in [0.15, 0.2) is 70.3 Å². The average Bonchev–Trinajstić information content (AvgIpc) is 3.10. The van der Waals surface area contributed by atoms with Gasteiger partial charge in [0.2, 0.25) is 11.5 Å². The number of para-hydroxylation sites is 2. The zero-order chi connectivity index (χ0) is 20.8. The van der Waals surface area contributed by atoms with E-state index in [-0.39, 0.29) is 23.6 Å². The summed E-state index contributed by atoms with van der Waals surface area (Å²) >= 11 is 0. The van der Waals surface area contributed by atoms with Gasteiger partial charge in [0.05, 0.1) is 5.56 Å². The molecule has 0 bridgehead atoms. The molecule has 2 N–H and O–H groups in total. The smallest absolute Gasteiger partial charge is 0.375 e. The summed E-state index contributed by atoms with van der Waals surface area (Å²) in [5, 5.41) is 9.69. The lowest BCUT2D eigenvalue weighted by molar-refractivity contribution is -0.118. The number of fused-ring (bicyclic) bond motifs is 1. The van der Waals surface area contributed by atoms with Crippen molar-refractivity contribution in [1.82, 2.24) is 0 Å². The van der Waals surface area contributed by atoms with Crippen molar-refractivity contribution in [2.45, 2.75) is 13.5 Å². The Hall–Kier alpha value is -4.05. The van der Waals surface area contributed by atoms with Gasteiger partial charge in [-0.25, -0.2) is 4.79 Å². The number of Topliss-reactive ketones (excluding diaryl/α,β-unsaturated/α-hetero) is 1. The van der Waals surface area contributed by atoms with Gasteiger partial charge in [0, 0.05) is 11.1 Å². The molecule has 0 unspecified atom stereocenters. The van der Waals surface area contributed by atoms with Gasteiger partial charge in [0.1, 0.15) is 29.6 Å². The van der Waals surface area contributed by atoms with E-state index in [0.29, 0.717) is 22.3 Å². The summed E-state index contributed by atoms with van der Waals surface area (Å²) in [5.41, 5.74) is 6.32. The molecule has 1 aromatic heterocycles. The van der Waals surface area contributed by atoms with Gasteiger partial charge in [-0.2, -0.15) is 5.26 Å². The minimum absolute atomic E-state index is 0.0538. The van der Waals surface area contributed by atoms with E-state index in [4.69, 9.17) is 24.9 Å². The number of benzene rings is 2. The Morgan fingerprint density at radius 3 is 2.48 bits per heavy atom. The summed E-state index contributed by atoms with van der Waals surface area (Å²) in [5.74, 6) is -0.927.